The van der Waals surface area contributed by atoms with Crippen LogP contribution < -0.4 is 10.1 Å². The summed E-state index contributed by atoms with van der Waals surface area (Å²) in [6.07, 6.45) is 1.55. The number of sulfone groups is 1. The van der Waals surface area contributed by atoms with Crippen molar-refractivity contribution in [1.82, 2.24) is 10.2 Å². The molecule has 0 saturated carbocycles. The van der Waals surface area contributed by atoms with Crippen LogP contribution >= 0.6 is 0 Å². The Kier molecular flexibility index (Phi) is 7.75. The molecule has 0 bridgehead atoms. The van der Waals surface area contributed by atoms with Gasteiger partial charge in [-0.3, -0.25) is 34.7 Å². The normalized spacial score (nSPS) is 24.6. The number of benzene rings is 2. The van der Waals surface area contributed by atoms with Gasteiger partial charge in [-0.15, -0.1) is 0 Å². The van der Waals surface area contributed by atoms with Gasteiger partial charge in [0.05, 0.1) is 29.1 Å². The molecule has 39 heavy (non-hydrogen) atoms. The van der Waals surface area contributed by atoms with Gasteiger partial charge in [-0.05, 0) is 29.7 Å². The predicted molar refractivity (Wildman–Crippen MR) is 139 cm³/mol. The van der Waals surface area contributed by atoms with Crippen LogP contribution in [0.25, 0.3) is 0 Å². The first kappa shape index (κ1) is 28.2. The molecule has 4 unspecified atom stereocenters. The van der Waals surface area contributed by atoms with Crippen LogP contribution in [0.15, 0.2) is 48.5 Å². The first-order valence-corrected chi connectivity index (χ1v) is 14.4. The fraction of sp³-hybridized carbons (Fsp3) is 0.423. The average Bonchev–Trinajstić information content (AvgIpc) is 3.35. The summed E-state index contributed by atoms with van der Waals surface area (Å²) in [6, 6.07) is 11.2. The molecule has 13 heteroatoms. The maximum absolute atomic E-state index is 13.6. The van der Waals surface area contributed by atoms with E-state index in [2.05, 4.69) is 5.32 Å². The highest BCUT2D eigenvalue weighted by atomic mass is 32.2. The van der Waals surface area contributed by atoms with Crippen molar-refractivity contribution in [2.45, 2.75) is 31.3 Å². The molecule has 2 aromatic rings. The summed E-state index contributed by atoms with van der Waals surface area (Å²) < 4.78 is 29.2. The van der Waals surface area contributed by atoms with E-state index in [0.717, 1.165) is 17.6 Å². The third kappa shape index (κ3) is 5.50. The molecule has 0 aromatic heterocycles. The van der Waals surface area contributed by atoms with Crippen LogP contribution in [-0.4, -0.2) is 71.8 Å². The van der Waals surface area contributed by atoms with Crippen LogP contribution in [0, 0.1) is 22.0 Å². The number of non-ortho nitro benzene ring substituents is 1. The van der Waals surface area contributed by atoms with E-state index in [1.165, 1.54) is 24.3 Å². The van der Waals surface area contributed by atoms with E-state index in [4.69, 9.17) is 4.74 Å². The van der Waals surface area contributed by atoms with Gasteiger partial charge in [0.25, 0.3) is 5.69 Å². The lowest BCUT2D eigenvalue weighted by molar-refractivity contribution is -0.384. The van der Waals surface area contributed by atoms with E-state index in [9.17, 15) is 38.0 Å². The van der Waals surface area contributed by atoms with Crippen molar-refractivity contribution in [3.05, 3.63) is 69.8 Å². The van der Waals surface area contributed by atoms with Crippen LogP contribution in [0.2, 0.25) is 0 Å². The largest absolute Gasteiger partial charge is 0.494 e. The molecule has 2 aliphatic heterocycles. The summed E-state index contributed by atoms with van der Waals surface area (Å²) in [5.41, 5.74) is -1.14. The Morgan fingerprint density at radius 3 is 2.31 bits per heavy atom. The van der Waals surface area contributed by atoms with Gasteiger partial charge in [0, 0.05) is 37.4 Å². The molecule has 2 amide bonds. The summed E-state index contributed by atoms with van der Waals surface area (Å²) in [7, 11) is -3.51. The van der Waals surface area contributed by atoms with Gasteiger partial charge in [-0.1, -0.05) is 31.2 Å². The predicted octanol–water partition coefficient (Wildman–Crippen LogP) is 1.74. The van der Waals surface area contributed by atoms with Crippen LogP contribution in [0.5, 0.6) is 5.75 Å². The minimum absolute atomic E-state index is 0.178. The Labute approximate surface area is 225 Å². The SMILES string of the molecule is CCCOc1ccc(C2NC(Cc3ccc([N+](=O)[O-])cc3)(C(=O)O)C3C(=O)N(CCS(C)(=O)=O)C(=O)C23)cc1. The third-order valence-corrected chi connectivity index (χ3v) is 8.08. The fourth-order valence-electron chi connectivity index (χ4n) is 5.31. The van der Waals surface area contributed by atoms with E-state index in [0.29, 0.717) is 23.5 Å². The van der Waals surface area contributed by atoms with E-state index >= 15 is 0 Å². The highest BCUT2D eigenvalue weighted by Crippen LogP contribution is 2.50. The van der Waals surface area contributed by atoms with Crippen molar-refractivity contribution in [2.24, 2.45) is 11.8 Å². The van der Waals surface area contributed by atoms with Crippen molar-refractivity contribution in [1.29, 1.82) is 0 Å². The number of carbonyl (C=O) groups is 3. The number of amides is 2. The summed E-state index contributed by atoms with van der Waals surface area (Å²) in [5, 5.41) is 24.6. The lowest BCUT2D eigenvalue weighted by Gasteiger charge is -2.31. The Hall–Kier alpha value is -3.84. The summed E-state index contributed by atoms with van der Waals surface area (Å²) >= 11 is 0. The molecule has 2 aliphatic rings. The van der Waals surface area contributed by atoms with E-state index in [1.54, 1.807) is 24.3 Å². The van der Waals surface area contributed by atoms with Crippen molar-refractivity contribution >= 4 is 33.3 Å². The lowest BCUT2D eigenvalue weighted by Crippen LogP contribution is -2.57. The van der Waals surface area contributed by atoms with E-state index in [1.807, 2.05) is 6.92 Å². The van der Waals surface area contributed by atoms with Crippen LogP contribution in [0.4, 0.5) is 5.69 Å². The zero-order valence-electron chi connectivity index (χ0n) is 21.4. The smallest absolute Gasteiger partial charge is 0.325 e. The molecule has 0 spiro atoms. The van der Waals surface area contributed by atoms with Crippen LogP contribution in [-0.2, 0) is 30.6 Å². The Morgan fingerprint density at radius 1 is 1.13 bits per heavy atom. The molecule has 4 rings (SSSR count). The quantitative estimate of drug-likeness (QED) is 0.234. The second kappa shape index (κ2) is 10.7. The molecular formula is C26H29N3O9S. The van der Waals surface area contributed by atoms with Gasteiger partial charge in [-0.2, -0.15) is 0 Å². The number of ether oxygens (including phenoxy) is 1. The van der Waals surface area contributed by atoms with Crippen molar-refractivity contribution in [3.63, 3.8) is 0 Å². The zero-order valence-corrected chi connectivity index (χ0v) is 22.2. The van der Waals surface area contributed by atoms with Gasteiger partial charge in [0.2, 0.25) is 11.8 Å². The minimum atomic E-state index is -3.51. The molecular weight excluding hydrogens is 530 g/mol. The number of nitro benzene ring substituents is 1. The van der Waals surface area contributed by atoms with Gasteiger partial charge >= 0.3 is 5.97 Å². The number of fused-ring (bicyclic) bond motifs is 1. The monoisotopic (exact) mass is 559 g/mol. The van der Waals surface area contributed by atoms with Gasteiger partial charge in [0.1, 0.15) is 21.1 Å². The standard InChI is InChI=1S/C26H29N3O9S/c1-3-13-38-19-10-6-17(7-11-19)22-20-21(24(31)28(23(20)30)12-14-39(2,36)37)26(27-22,25(32)33)15-16-4-8-18(9-5-16)29(34)35/h4-11,20-22,27H,3,12-15H2,1-2H3,(H,32,33). The number of rotatable bonds is 11. The minimum Gasteiger partial charge on any atom is -0.494 e. The molecule has 0 aliphatic carbocycles. The summed E-state index contributed by atoms with van der Waals surface area (Å²) in [5.74, 6) is -5.08. The van der Waals surface area contributed by atoms with E-state index in [-0.39, 0.29) is 18.7 Å². The molecule has 4 atom stereocenters. The second-order valence-corrected chi connectivity index (χ2v) is 12.1. The lowest BCUT2D eigenvalue weighted by atomic mass is 9.76. The average molecular weight is 560 g/mol. The maximum atomic E-state index is 13.6. The maximum Gasteiger partial charge on any atom is 0.325 e. The highest BCUT2D eigenvalue weighted by molar-refractivity contribution is 7.90. The number of carboxylic acids is 1. The fourth-order valence-corrected chi connectivity index (χ4v) is 5.82. The number of carbonyl (C=O) groups excluding carboxylic acids is 2. The van der Waals surface area contributed by atoms with Gasteiger partial charge < -0.3 is 9.84 Å². The summed E-state index contributed by atoms with van der Waals surface area (Å²) in [4.78, 5) is 51.4. The van der Waals surface area contributed by atoms with Gasteiger partial charge in [0.15, 0.2) is 0 Å². The molecule has 208 valence electrons. The first-order chi connectivity index (χ1) is 18.4. The Balaban J connectivity index is 1.76. The Bertz CT molecular complexity index is 1390. The van der Waals surface area contributed by atoms with Crippen molar-refractivity contribution in [3.8, 4) is 5.75 Å². The molecule has 2 fully saturated rings. The first-order valence-electron chi connectivity index (χ1n) is 12.4. The number of nitrogens with one attached hydrogen (secondary N) is 1. The Morgan fingerprint density at radius 2 is 1.77 bits per heavy atom. The molecule has 2 heterocycles. The van der Waals surface area contributed by atoms with Gasteiger partial charge in [-0.25, -0.2) is 8.42 Å². The van der Waals surface area contributed by atoms with E-state index < -0.39 is 61.7 Å². The molecule has 2 saturated heterocycles. The number of nitrogens with zero attached hydrogens (tertiary/aromatic N) is 2. The van der Waals surface area contributed by atoms with Crippen molar-refractivity contribution < 1.29 is 37.6 Å². The number of aliphatic carboxylic acids is 1. The number of hydrogen-bond acceptors (Lipinski definition) is 9. The second-order valence-electron chi connectivity index (χ2n) is 9.88. The topological polar surface area (TPSA) is 173 Å². The third-order valence-electron chi connectivity index (χ3n) is 7.15. The number of nitro groups is 1. The molecule has 0 radical (unpaired) electrons. The molecule has 2 aromatic carbocycles. The van der Waals surface area contributed by atoms with Crippen LogP contribution in [0.1, 0.15) is 30.5 Å². The van der Waals surface area contributed by atoms with Crippen molar-refractivity contribution in [2.75, 3.05) is 25.2 Å². The number of likely N-dealkylation sites (tertiary alicyclic amines) is 1. The number of hydrogen-bond donors (Lipinski definition) is 2. The van der Waals surface area contributed by atoms with Crippen LogP contribution in [0.3, 0.4) is 0 Å². The molecule has 12 nitrogen and oxygen atoms in total. The summed E-state index contributed by atoms with van der Waals surface area (Å²) in [6.45, 7) is 2.09. The zero-order chi connectivity index (χ0) is 28.5. The molecule has 2 N–H and O–H groups in total. The number of imide groups is 1. The number of carboxylic acid groups (broad SMARTS) is 1. The highest BCUT2D eigenvalue weighted by Gasteiger charge is 2.68.